The molecule has 0 saturated carbocycles. The maximum Gasteiger partial charge on any atom is 0.220 e. The van der Waals surface area contributed by atoms with E-state index in [1.165, 1.54) is 148 Å². The van der Waals surface area contributed by atoms with Gasteiger partial charge in [-0.3, -0.25) is 4.79 Å². The van der Waals surface area contributed by atoms with Gasteiger partial charge in [-0.1, -0.05) is 273 Å². The Labute approximate surface area is 510 Å². The van der Waals surface area contributed by atoms with Crippen molar-refractivity contribution in [3.8, 4) is 0 Å². The number of hydrogen-bond acceptors (Lipinski definition) is 13. The molecule has 1 amide bonds. The number of carbonyl (C=O) groups excluding carboxylic acids is 1. The van der Waals surface area contributed by atoms with E-state index >= 15 is 0 Å². The van der Waals surface area contributed by atoms with Crippen LogP contribution in [0.1, 0.15) is 271 Å². The maximum atomic E-state index is 13.3. The number of allylic oxidation sites excluding steroid dienone is 12. The number of ether oxygens (including phenoxy) is 4. The molecular formula is C70H125NO13. The van der Waals surface area contributed by atoms with E-state index in [2.05, 4.69) is 92.1 Å². The topological polar surface area (TPSA) is 228 Å². The van der Waals surface area contributed by atoms with Crippen LogP contribution >= 0.6 is 0 Å². The van der Waals surface area contributed by atoms with Crippen molar-refractivity contribution in [3.05, 3.63) is 72.9 Å². The molecule has 0 aromatic heterocycles. The van der Waals surface area contributed by atoms with E-state index in [-0.39, 0.29) is 12.5 Å². The number of hydrogen-bond donors (Lipinski definition) is 9. The van der Waals surface area contributed by atoms with Gasteiger partial charge in [0.05, 0.1) is 32.0 Å². The average Bonchev–Trinajstić information content (AvgIpc) is 3.62. The van der Waals surface area contributed by atoms with Gasteiger partial charge in [-0.15, -0.1) is 0 Å². The Morgan fingerprint density at radius 1 is 0.440 bits per heavy atom. The number of carbonyl (C=O) groups is 1. The molecule has 0 radical (unpaired) electrons. The molecular weight excluding hydrogens is 1060 g/mol. The van der Waals surface area contributed by atoms with Crippen molar-refractivity contribution in [2.75, 3.05) is 19.8 Å². The van der Waals surface area contributed by atoms with Crippen molar-refractivity contribution in [2.24, 2.45) is 0 Å². The number of aliphatic hydroxyl groups is 8. The number of rotatable bonds is 55. The monoisotopic (exact) mass is 1190 g/mol. The molecule has 9 N–H and O–H groups in total. The van der Waals surface area contributed by atoms with Crippen LogP contribution in [0.2, 0.25) is 0 Å². The van der Waals surface area contributed by atoms with E-state index in [9.17, 15) is 45.6 Å². The van der Waals surface area contributed by atoms with Gasteiger partial charge >= 0.3 is 0 Å². The second kappa shape index (κ2) is 54.6. The summed E-state index contributed by atoms with van der Waals surface area (Å²) in [5.41, 5.74) is 0. The Kier molecular flexibility index (Phi) is 50.4. The number of unbranched alkanes of at least 4 members (excludes halogenated alkanes) is 30. The van der Waals surface area contributed by atoms with Gasteiger partial charge in [0.1, 0.15) is 48.8 Å². The molecule has 2 heterocycles. The molecule has 12 unspecified atom stereocenters. The standard InChI is InChI=1S/C70H125NO13/c1-3-5-7-9-11-13-15-17-19-21-23-25-27-28-29-30-32-34-36-38-40-42-44-46-48-50-52-54-62(75)71-58(57-81-69-67(80)65(78)68(61(56-73)83-69)84-70-66(79)64(77)63(76)60(55-72)82-70)59(74)53-51-49-47-45-43-41-39-37-35-33-31-26-24-22-20-18-16-14-12-10-8-6-4-2/h5,7,11,13,17,19,23,25,28-29,32,34,58-61,63-70,72-74,76-80H,3-4,6,8-10,12,14-16,18,20-22,24,26-27,30-31,33,35-57H2,1-2H3,(H,71,75)/b7-5-,13-11-,19-17-,25-23-,29-28-,34-32-. The van der Waals surface area contributed by atoms with Gasteiger partial charge < -0.3 is 65.1 Å². The normalized spacial score (nSPS) is 24.1. The molecule has 2 aliphatic heterocycles. The molecule has 14 heteroatoms. The van der Waals surface area contributed by atoms with Crippen molar-refractivity contribution in [1.29, 1.82) is 0 Å². The van der Waals surface area contributed by atoms with Gasteiger partial charge in [0.2, 0.25) is 5.91 Å². The third kappa shape index (κ3) is 38.7. The summed E-state index contributed by atoms with van der Waals surface area (Å²) in [4.78, 5) is 13.3. The molecule has 0 bridgehead atoms. The van der Waals surface area contributed by atoms with Crippen molar-refractivity contribution in [1.82, 2.24) is 5.32 Å². The molecule has 2 fully saturated rings. The molecule has 2 saturated heterocycles. The van der Waals surface area contributed by atoms with Gasteiger partial charge in [0.15, 0.2) is 12.6 Å². The number of amides is 1. The number of aliphatic hydroxyl groups excluding tert-OH is 8. The molecule has 0 aromatic rings. The fourth-order valence-corrected chi connectivity index (χ4v) is 11.0. The molecule has 2 rings (SSSR count). The molecule has 0 aromatic carbocycles. The third-order valence-electron chi connectivity index (χ3n) is 16.4. The third-order valence-corrected chi connectivity index (χ3v) is 16.4. The summed E-state index contributed by atoms with van der Waals surface area (Å²) in [6.45, 7) is 2.77. The van der Waals surface area contributed by atoms with Crippen molar-refractivity contribution >= 4 is 5.91 Å². The fraction of sp³-hybridized carbons (Fsp3) is 0.814. The largest absolute Gasteiger partial charge is 0.394 e. The first-order chi connectivity index (χ1) is 41.1. The minimum atomic E-state index is -1.79. The molecule has 84 heavy (non-hydrogen) atoms. The van der Waals surface area contributed by atoms with Crippen LogP contribution in [0.4, 0.5) is 0 Å². The highest BCUT2D eigenvalue weighted by Crippen LogP contribution is 2.30. The first-order valence-electron chi connectivity index (χ1n) is 34.2. The van der Waals surface area contributed by atoms with E-state index in [4.69, 9.17) is 18.9 Å². The minimum Gasteiger partial charge on any atom is -0.394 e. The Bertz CT molecular complexity index is 1690. The quantitative estimate of drug-likeness (QED) is 0.0204. The highest BCUT2D eigenvalue weighted by Gasteiger charge is 2.51. The van der Waals surface area contributed by atoms with E-state index in [1.807, 2.05) is 0 Å². The summed E-state index contributed by atoms with van der Waals surface area (Å²) in [5.74, 6) is -0.215. The first kappa shape index (κ1) is 77.5. The van der Waals surface area contributed by atoms with E-state index in [0.717, 1.165) is 89.9 Å². The average molecular weight is 1190 g/mol. The summed E-state index contributed by atoms with van der Waals surface area (Å²) >= 11 is 0. The van der Waals surface area contributed by atoms with Crippen LogP contribution in [0.3, 0.4) is 0 Å². The van der Waals surface area contributed by atoms with E-state index in [1.54, 1.807) is 0 Å². The van der Waals surface area contributed by atoms with Crippen molar-refractivity contribution in [2.45, 2.75) is 344 Å². The van der Waals surface area contributed by atoms with Crippen molar-refractivity contribution in [3.63, 3.8) is 0 Å². The second-order valence-corrected chi connectivity index (χ2v) is 23.9. The minimum absolute atomic E-state index is 0.215. The molecule has 0 spiro atoms. The lowest BCUT2D eigenvalue weighted by molar-refractivity contribution is -0.359. The predicted molar refractivity (Wildman–Crippen MR) is 341 cm³/mol. The number of nitrogens with one attached hydrogen (secondary N) is 1. The summed E-state index contributed by atoms with van der Waals surface area (Å²) < 4.78 is 22.9. The van der Waals surface area contributed by atoms with Crippen LogP contribution in [-0.2, 0) is 23.7 Å². The summed E-state index contributed by atoms with van der Waals surface area (Å²) in [7, 11) is 0. The van der Waals surface area contributed by atoms with Crippen LogP contribution < -0.4 is 5.32 Å². The van der Waals surface area contributed by atoms with Crippen LogP contribution in [0, 0.1) is 0 Å². The second-order valence-electron chi connectivity index (χ2n) is 23.9. The molecule has 2 aliphatic rings. The SMILES string of the molecule is CC/C=C\C/C=C\C/C=C\C/C=C\C/C=C\C/C=C\CCCCCCCCCCC(=O)NC(COC1OC(CO)C(OC2OC(CO)C(O)C(O)C2O)C(O)C1O)C(O)CCCCCCCCCCCCCCCCCCCCCCCCC. The zero-order valence-electron chi connectivity index (χ0n) is 52.9. The first-order valence-corrected chi connectivity index (χ1v) is 34.2. The van der Waals surface area contributed by atoms with Gasteiger partial charge in [0.25, 0.3) is 0 Å². The Morgan fingerprint density at radius 2 is 0.821 bits per heavy atom. The molecule has 12 atom stereocenters. The lowest BCUT2D eigenvalue weighted by Gasteiger charge is -2.46. The smallest absolute Gasteiger partial charge is 0.220 e. The van der Waals surface area contributed by atoms with Gasteiger partial charge in [0, 0.05) is 6.42 Å². The summed E-state index contributed by atoms with van der Waals surface area (Å²) in [6.07, 6.45) is 56.1. The van der Waals surface area contributed by atoms with Gasteiger partial charge in [-0.05, 0) is 64.2 Å². The van der Waals surface area contributed by atoms with Crippen LogP contribution in [0.15, 0.2) is 72.9 Å². The Morgan fingerprint density at radius 3 is 1.26 bits per heavy atom. The van der Waals surface area contributed by atoms with E-state index in [0.29, 0.717) is 19.3 Å². The van der Waals surface area contributed by atoms with Crippen LogP contribution in [0.5, 0.6) is 0 Å². The molecule has 0 aliphatic carbocycles. The zero-order chi connectivity index (χ0) is 60.9. The van der Waals surface area contributed by atoms with E-state index < -0.39 is 86.8 Å². The van der Waals surface area contributed by atoms with Crippen LogP contribution in [-0.4, -0.2) is 140 Å². The van der Waals surface area contributed by atoms with Gasteiger partial charge in [-0.2, -0.15) is 0 Å². The van der Waals surface area contributed by atoms with Crippen LogP contribution in [0.25, 0.3) is 0 Å². The summed E-state index contributed by atoms with van der Waals surface area (Å²) in [5, 5.41) is 87.6. The lowest BCUT2D eigenvalue weighted by atomic mass is 9.97. The lowest BCUT2D eigenvalue weighted by Crippen LogP contribution is -2.65. The Hall–Kier alpha value is -2.57. The zero-order valence-corrected chi connectivity index (χ0v) is 52.9. The molecule has 14 nitrogen and oxygen atoms in total. The highest BCUT2D eigenvalue weighted by molar-refractivity contribution is 5.76. The summed E-state index contributed by atoms with van der Waals surface area (Å²) in [6, 6.07) is -0.839. The maximum absolute atomic E-state index is 13.3. The van der Waals surface area contributed by atoms with Gasteiger partial charge in [-0.25, -0.2) is 0 Å². The molecule has 488 valence electrons. The highest BCUT2D eigenvalue weighted by atomic mass is 16.7. The van der Waals surface area contributed by atoms with Crippen molar-refractivity contribution < 1.29 is 64.6 Å². The predicted octanol–water partition coefficient (Wildman–Crippen LogP) is 13.5. The fourth-order valence-electron chi connectivity index (χ4n) is 11.0. The Balaban J connectivity index is 1.70.